The lowest BCUT2D eigenvalue weighted by Crippen LogP contribution is -2.19. The SMILES string of the molecule is c1ccc(-c2c(-c3ccccc3)c(N(c3ccccc3)c3ccc4ccc5cccc6ccc3c4c56)n(-c3ccccc3)c2N(c2ccccc2)c2ccc3ccc4cccc5ccc2c3c45)cc1. The van der Waals surface area contributed by atoms with E-state index >= 15 is 0 Å². The van der Waals surface area contributed by atoms with E-state index < -0.39 is 0 Å². The van der Waals surface area contributed by atoms with E-state index in [0.29, 0.717) is 0 Å². The molecule has 0 amide bonds. The molecule has 0 N–H and O–H groups in total. The lowest BCUT2D eigenvalue weighted by Gasteiger charge is -2.32. The van der Waals surface area contributed by atoms with Crippen LogP contribution in [-0.4, -0.2) is 4.57 Å². The van der Waals surface area contributed by atoms with Gasteiger partial charge in [-0.1, -0.05) is 212 Å². The topological polar surface area (TPSA) is 11.4 Å². The van der Waals surface area contributed by atoms with Crippen LogP contribution in [0.2, 0.25) is 0 Å². The number of aromatic nitrogens is 1. The normalized spacial score (nSPS) is 11.8. The summed E-state index contributed by atoms with van der Waals surface area (Å²) in [6, 6.07) is 95.9. The highest BCUT2D eigenvalue weighted by Crippen LogP contribution is 2.57. The van der Waals surface area contributed by atoms with Crippen molar-refractivity contribution >= 4 is 99.0 Å². The Hall–Kier alpha value is -9.18. The van der Waals surface area contributed by atoms with E-state index in [0.717, 1.165) is 62.3 Å². The fourth-order valence-electron chi connectivity index (χ4n) is 11.3. The summed E-state index contributed by atoms with van der Waals surface area (Å²) < 4.78 is 2.54. The van der Waals surface area contributed by atoms with E-state index in [4.69, 9.17) is 0 Å². The zero-order valence-electron chi connectivity index (χ0n) is 37.7. The van der Waals surface area contributed by atoms with Crippen LogP contribution in [0.3, 0.4) is 0 Å². The summed E-state index contributed by atoms with van der Waals surface area (Å²) in [5.41, 5.74) is 9.81. The summed E-state index contributed by atoms with van der Waals surface area (Å²) in [6.45, 7) is 0. The molecule has 322 valence electrons. The second kappa shape index (κ2) is 15.7. The van der Waals surface area contributed by atoms with Crippen molar-refractivity contribution in [2.45, 2.75) is 0 Å². The maximum Gasteiger partial charge on any atom is 0.132 e. The molecular weight excluding hydrogens is 835 g/mol. The van der Waals surface area contributed by atoms with Gasteiger partial charge in [0.05, 0.1) is 11.4 Å². The fourth-order valence-corrected chi connectivity index (χ4v) is 11.3. The van der Waals surface area contributed by atoms with E-state index in [1.807, 2.05) is 0 Å². The van der Waals surface area contributed by atoms with Gasteiger partial charge in [-0.2, -0.15) is 0 Å². The van der Waals surface area contributed by atoms with Gasteiger partial charge in [0.15, 0.2) is 0 Å². The van der Waals surface area contributed by atoms with Crippen molar-refractivity contribution in [3.05, 3.63) is 261 Å². The number of benzene rings is 13. The Labute approximate surface area is 400 Å². The van der Waals surface area contributed by atoms with Gasteiger partial charge in [-0.15, -0.1) is 0 Å². The van der Waals surface area contributed by atoms with E-state index in [1.165, 1.54) is 64.6 Å². The number of nitrogens with zero attached hydrogens (tertiary/aromatic N) is 3. The molecule has 0 saturated heterocycles. The average Bonchev–Trinajstić information content (AvgIpc) is 3.76. The third kappa shape index (κ3) is 6.07. The molecule has 0 radical (unpaired) electrons. The summed E-state index contributed by atoms with van der Waals surface area (Å²) in [5.74, 6) is 2.06. The van der Waals surface area contributed by atoms with Gasteiger partial charge in [0, 0.05) is 39.0 Å². The summed E-state index contributed by atoms with van der Waals surface area (Å²) >= 11 is 0. The predicted octanol–water partition coefficient (Wildman–Crippen LogP) is 18.5. The Balaban J connectivity index is 1.20. The van der Waals surface area contributed by atoms with Crippen LogP contribution in [0, 0.1) is 0 Å². The highest BCUT2D eigenvalue weighted by molar-refractivity contribution is 6.27. The molecule has 0 aliphatic rings. The van der Waals surface area contributed by atoms with Crippen molar-refractivity contribution in [1.82, 2.24) is 4.57 Å². The van der Waals surface area contributed by atoms with E-state index in [1.54, 1.807) is 0 Å². The smallest absolute Gasteiger partial charge is 0.132 e. The zero-order chi connectivity index (χ0) is 45.4. The number of rotatable bonds is 9. The van der Waals surface area contributed by atoms with Crippen molar-refractivity contribution in [3.63, 3.8) is 0 Å². The first-order chi connectivity index (χ1) is 34.3. The van der Waals surface area contributed by atoms with Gasteiger partial charge in [0.1, 0.15) is 11.6 Å². The summed E-state index contributed by atoms with van der Waals surface area (Å²) in [7, 11) is 0. The maximum atomic E-state index is 2.54. The molecular formula is C66H43N3. The van der Waals surface area contributed by atoms with Crippen LogP contribution in [0.5, 0.6) is 0 Å². The van der Waals surface area contributed by atoms with Crippen LogP contribution in [0.1, 0.15) is 0 Å². The average molecular weight is 878 g/mol. The molecule has 1 heterocycles. The molecule has 3 heteroatoms. The molecule has 0 bridgehead atoms. The van der Waals surface area contributed by atoms with Crippen LogP contribution < -0.4 is 9.80 Å². The maximum absolute atomic E-state index is 2.54. The molecule has 1 aromatic heterocycles. The van der Waals surface area contributed by atoms with Crippen molar-refractivity contribution in [3.8, 4) is 27.9 Å². The molecule has 13 aromatic carbocycles. The van der Waals surface area contributed by atoms with Gasteiger partial charge in [0.2, 0.25) is 0 Å². The second-order valence-corrected chi connectivity index (χ2v) is 18.0. The van der Waals surface area contributed by atoms with Gasteiger partial charge < -0.3 is 0 Å². The fraction of sp³-hybridized carbons (Fsp3) is 0. The minimum atomic E-state index is 1.03. The van der Waals surface area contributed by atoms with Crippen LogP contribution in [0.15, 0.2) is 261 Å². The molecule has 69 heavy (non-hydrogen) atoms. The molecule has 0 unspecified atom stereocenters. The van der Waals surface area contributed by atoms with Gasteiger partial charge in [-0.25, -0.2) is 0 Å². The second-order valence-electron chi connectivity index (χ2n) is 18.0. The Bertz CT molecular complexity index is 3880. The molecule has 14 aromatic rings. The Morgan fingerprint density at radius 2 is 0.565 bits per heavy atom. The Morgan fingerprint density at radius 1 is 0.246 bits per heavy atom. The third-order valence-corrected chi connectivity index (χ3v) is 14.2. The monoisotopic (exact) mass is 877 g/mol. The van der Waals surface area contributed by atoms with E-state index in [2.05, 4.69) is 275 Å². The highest BCUT2D eigenvalue weighted by atomic mass is 15.3. The van der Waals surface area contributed by atoms with Crippen LogP contribution >= 0.6 is 0 Å². The molecule has 0 fully saturated rings. The minimum absolute atomic E-state index is 1.03. The summed E-state index contributed by atoms with van der Waals surface area (Å²) in [5, 5.41) is 14.9. The minimum Gasteiger partial charge on any atom is -0.295 e. The van der Waals surface area contributed by atoms with Crippen LogP contribution in [0.25, 0.3) is 92.6 Å². The standard InChI is InChI=1S/C66H43N3/c1-6-18-44(19-7-1)63-64(45-20-8-2-9-21-45)66(68(53-28-12-4-13-29-53)58-43-39-51-35-33-47-23-17-25-49-37-41-56(58)62(51)60(47)49)69(54-30-14-5-15-31-54)65(63)67(52-26-10-3-11-27-52)57-42-38-50-34-32-46-22-16-24-48-36-40-55(57)61(50)59(46)48/h1-43H. The van der Waals surface area contributed by atoms with Crippen molar-refractivity contribution in [2.24, 2.45) is 0 Å². The first kappa shape index (κ1) is 39.0. The van der Waals surface area contributed by atoms with Gasteiger partial charge in [-0.05, 0) is 114 Å². The molecule has 0 saturated carbocycles. The highest BCUT2D eigenvalue weighted by Gasteiger charge is 2.36. The predicted molar refractivity (Wildman–Crippen MR) is 293 cm³/mol. The van der Waals surface area contributed by atoms with Crippen LogP contribution in [0.4, 0.5) is 34.4 Å². The van der Waals surface area contributed by atoms with Crippen LogP contribution in [-0.2, 0) is 0 Å². The van der Waals surface area contributed by atoms with Crippen molar-refractivity contribution in [2.75, 3.05) is 9.80 Å². The first-order valence-corrected chi connectivity index (χ1v) is 23.8. The van der Waals surface area contributed by atoms with E-state index in [9.17, 15) is 0 Å². The molecule has 0 atom stereocenters. The summed E-state index contributed by atoms with van der Waals surface area (Å²) in [6.07, 6.45) is 0. The quantitative estimate of drug-likeness (QED) is 0.134. The first-order valence-electron chi connectivity index (χ1n) is 23.8. The van der Waals surface area contributed by atoms with Gasteiger partial charge in [0.25, 0.3) is 0 Å². The number of hydrogen-bond donors (Lipinski definition) is 0. The molecule has 0 spiro atoms. The molecule has 0 aliphatic heterocycles. The largest absolute Gasteiger partial charge is 0.295 e. The Kier molecular flexibility index (Phi) is 8.90. The Morgan fingerprint density at radius 3 is 0.957 bits per heavy atom. The molecule has 3 nitrogen and oxygen atoms in total. The number of para-hydroxylation sites is 3. The number of anilines is 6. The van der Waals surface area contributed by atoms with E-state index in [-0.39, 0.29) is 0 Å². The molecule has 14 rings (SSSR count). The van der Waals surface area contributed by atoms with Gasteiger partial charge in [-0.3, -0.25) is 14.4 Å². The molecule has 0 aliphatic carbocycles. The number of hydrogen-bond acceptors (Lipinski definition) is 2. The zero-order valence-corrected chi connectivity index (χ0v) is 37.7. The summed E-state index contributed by atoms with van der Waals surface area (Å²) in [4.78, 5) is 5.06. The van der Waals surface area contributed by atoms with Gasteiger partial charge >= 0.3 is 0 Å². The lowest BCUT2D eigenvalue weighted by molar-refractivity contribution is 1.02. The van der Waals surface area contributed by atoms with Crippen molar-refractivity contribution in [1.29, 1.82) is 0 Å². The van der Waals surface area contributed by atoms with Crippen molar-refractivity contribution < 1.29 is 0 Å². The third-order valence-electron chi connectivity index (χ3n) is 14.2. The lowest BCUT2D eigenvalue weighted by atomic mass is 9.92.